The molecule has 2 fully saturated rings. The van der Waals surface area contributed by atoms with Gasteiger partial charge in [0, 0.05) is 25.2 Å². The second-order valence-electron chi connectivity index (χ2n) is 5.52. The molecule has 18 heavy (non-hydrogen) atoms. The Balaban J connectivity index is 1.89. The maximum atomic E-state index is 11.9. The predicted octanol–water partition coefficient (Wildman–Crippen LogP) is 1.12. The van der Waals surface area contributed by atoms with Crippen LogP contribution in [0.3, 0.4) is 0 Å². The highest BCUT2D eigenvalue weighted by Gasteiger charge is 2.34. The Kier molecular flexibility index (Phi) is 5.01. The lowest BCUT2D eigenvalue weighted by Gasteiger charge is -2.43. The van der Waals surface area contributed by atoms with Gasteiger partial charge in [0.15, 0.2) is 0 Å². The lowest BCUT2D eigenvalue weighted by molar-refractivity contribution is -0.130. The van der Waals surface area contributed by atoms with Crippen LogP contribution in [0.4, 0.5) is 0 Å². The van der Waals surface area contributed by atoms with Crippen molar-refractivity contribution in [3.05, 3.63) is 0 Å². The molecule has 1 amide bonds. The average Bonchev–Trinajstić information content (AvgIpc) is 2.40. The van der Waals surface area contributed by atoms with E-state index >= 15 is 0 Å². The molecule has 4 nitrogen and oxygen atoms in total. The normalized spacial score (nSPS) is 34.3. The van der Waals surface area contributed by atoms with Crippen molar-refractivity contribution in [1.82, 2.24) is 15.5 Å². The molecule has 2 rings (SSSR count). The van der Waals surface area contributed by atoms with Crippen molar-refractivity contribution in [2.24, 2.45) is 0 Å². The second kappa shape index (κ2) is 6.53. The fourth-order valence-electron chi connectivity index (χ4n) is 3.49. The van der Waals surface area contributed by atoms with E-state index in [9.17, 15) is 4.79 Å². The number of hydrogen-bond acceptors (Lipinski definition) is 3. The third-order valence-electron chi connectivity index (χ3n) is 4.42. The van der Waals surface area contributed by atoms with E-state index in [2.05, 4.69) is 29.4 Å². The Hall–Kier alpha value is -0.610. The van der Waals surface area contributed by atoms with Gasteiger partial charge < -0.3 is 10.6 Å². The first-order chi connectivity index (χ1) is 8.76. The summed E-state index contributed by atoms with van der Waals surface area (Å²) in [6, 6.07) is 1.43. The minimum atomic E-state index is 0.111. The lowest BCUT2D eigenvalue weighted by Crippen LogP contribution is -2.59. The number of carbonyl (C=O) groups is 1. The van der Waals surface area contributed by atoms with Crippen molar-refractivity contribution in [3.8, 4) is 0 Å². The van der Waals surface area contributed by atoms with E-state index in [1.165, 1.54) is 25.7 Å². The van der Waals surface area contributed by atoms with Gasteiger partial charge in [-0.1, -0.05) is 13.8 Å². The molecule has 1 saturated carbocycles. The van der Waals surface area contributed by atoms with Crippen molar-refractivity contribution < 1.29 is 4.79 Å². The molecule has 0 radical (unpaired) electrons. The largest absolute Gasteiger partial charge is 0.353 e. The van der Waals surface area contributed by atoms with Gasteiger partial charge in [-0.25, -0.2) is 0 Å². The minimum Gasteiger partial charge on any atom is -0.353 e. The van der Waals surface area contributed by atoms with Crippen LogP contribution in [-0.4, -0.2) is 48.6 Å². The maximum absolute atomic E-state index is 11.9. The number of amides is 1. The van der Waals surface area contributed by atoms with E-state index in [4.69, 9.17) is 0 Å². The lowest BCUT2D eigenvalue weighted by atomic mass is 9.88. The molecule has 0 aromatic heterocycles. The SMILES string of the molecule is CCNC1CCC(N2CCNC(=O)C2CC)CC1. The van der Waals surface area contributed by atoms with Crippen molar-refractivity contribution >= 4 is 5.91 Å². The van der Waals surface area contributed by atoms with Crippen LogP contribution in [0.15, 0.2) is 0 Å². The zero-order chi connectivity index (χ0) is 13.0. The number of nitrogens with one attached hydrogen (secondary N) is 2. The zero-order valence-corrected chi connectivity index (χ0v) is 11.7. The first-order valence-electron chi connectivity index (χ1n) is 7.53. The van der Waals surface area contributed by atoms with Crippen LogP contribution < -0.4 is 10.6 Å². The monoisotopic (exact) mass is 253 g/mol. The van der Waals surface area contributed by atoms with Gasteiger partial charge >= 0.3 is 0 Å². The van der Waals surface area contributed by atoms with Gasteiger partial charge in [0.05, 0.1) is 6.04 Å². The van der Waals surface area contributed by atoms with Crippen LogP contribution in [0, 0.1) is 0 Å². The summed E-state index contributed by atoms with van der Waals surface area (Å²) in [5, 5.41) is 6.53. The smallest absolute Gasteiger partial charge is 0.237 e. The van der Waals surface area contributed by atoms with Crippen LogP contribution in [0.1, 0.15) is 46.0 Å². The topological polar surface area (TPSA) is 44.4 Å². The molecule has 0 aromatic rings. The van der Waals surface area contributed by atoms with E-state index in [-0.39, 0.29) is 11.9 Å². The molecular formula is C14H27N3O. The highest BCUT2D eigenvalue weighted by molar-refractivity contribution is 5.82. The van der Waals surface area contributed by atoms with Gasteiger partial charge in [0.2, 0.25) is 5.91 Å². The third-order valence-corrected chi connectivity index (χ3v) is 4.42. The fraction of sp³-hybridized carbons (Fsp3) is 0.929. The van der Waals surface area contributed by atoms with Gasteiger partial charge in [-0.2, -0.15) is 0 Å². The first-order valence-corrected chi connectivity index (χ1v) is 7.53. The van der Waals surface area contributed by atoms with Crippen molar-refractivity contribution in [2.45, 2.75) is 64.1 Å². The minimum absolute atomic E-state index is 0.111. The van der Waals surface area contributed by atoms with E-state index in [1.807, 2.05) is 0 Å². The molecule has 0 spiro atoms. The van der Waals surface area contributed by atoms with Gasteiger partial charge in [0.25, 0.3) is 0 Å². The summed E-state index contributed by atoms with van der Waals surface area (Å²) in [7, 11) is 0. The van der Waals surface area contributed by atoms with E-state index in [0.29, 0.717) is 12.1 Å². The number of nitrogens with zero attached hydrogens (tertiary/aromatic N) is 1. The van der Waals surface area contributed by atoms with E-state index in [1.54, 1.807) is 0 Å². The molecule has 1 aliphatic carbocycles. The number of rotatable bonds is 4. The molecule has 2 N–H and O–H groups in total. The van der Waals surface area contributed by atoms with Crippen LogP contribution in [0.2, 0.25) is 0 Å². The average molecular weight is 253 g/mol. The molecule has 1 atom stereocenters. The quantitative estimate of drug-likeness (QED) is 0.789. The van der Waals surface area contributed by atoms with Crippen LogP contribution in [-0.2, 0) is 4.79 Å². The summed E-state index contributed by atoms with van der Waals surface area (Å²) in [6.07, 6.45) is 5.92. The Morgan fingerprint density at radius 1 is 1.28 bits per heavy atom. The van der Waals surface area contributed by atoms with Crippen molar-refractivity contribution in [1.29, 1.82) is 0 Å². The molecule has 2 aliphatic rings. The van der Waals surface area contributed by atoms with Gasteiger partial charge in [-0.3, -0.25) is 9.69 Å². The van der Waals surface area contributed by atoms with E-state index < -0.39 is 0 Å². The zero-order valence-electron chi connectivity index (χ0n) is 11.7. The standard InChI is InChI=1S/C14H27N3O/c1-3-13-14(18)16-9-10-17(13)12-7-5-11(6-8-12)15-4-2/h11-13,15H,3-10H2,1-2H3,(H,16,18). The van der Waals surface area contributed by atoms with Gasteiger partial charge in [-0.05, 0) is 38.6 Å². The number of piperazine rings is 1. The molecule has 1 aliphatic heterocycles. The molecule has 0 aromatic carbocycles. The Labute approximate surface area is 110 Å². The summed E-state index contributed by atoms with van der Waals surface area (Å²) in [5.41, 5.74) is 0. The highest BCUT2D eigenvalue weighted by Crippen LogP contribution is 2.26. The molecule has 4 heteroatoms. The Morgan fingerprint density at radius 3 is 2.61 bits per heavy atom. The second-order valence-corrected chi connectivity index (χ2v) is 5.52. The number of hydrogen-bond donors (Lipinski definition) is 2. The van der Waals surface area contributed by atoms with Gasteiger partial charge in [-0.15, -0.1) is 0 Å². The first kappa shape index (κ1) is 13.8. The molecular weight excluding hydrogens is 226 g/mol. The summed E-state index contributed by atoms with van der Waals surface area (Å²) < 4.78 is 0. The summed E-state index contributed by atoms with van der Waals surface area (Å²) in [4.78, 5) is 14.3. The summed E-state index contributed by atoms with van der Waals surface area (Å²) in [5.74, 6) is 0.234. The van der Waals surface area contributed by atoms with Crippen molar-refractivity contribution in [2.75, 3.05) is 19.6 Å². The molecule has 0 bridgehead atoms. The molecule has 1 heterocycles. The van der Waals surface area contributed by atoms with Crippen molar-refractivity contribution in [3.63, 3.8) is 0 Å². The summed E-state index contributed by atoms with van der Waals surface area (Å²) in [6.45, 7) is 7.21. The molecule has 104 valence electrons. The van der Waals surface area contributed by atoms with E-state index in [0.717, 1.165) is 26.1 Å². The fourth-order valence-corrected chi connectivity index (χ4v) is 3.49. The third kappa shape index (κ3) is 3.04. The van der Waals surface area contributed by atoms with Crippen LogP contribution >= 0.6 is 0 Å². The molecule has 1 saturated heterocycles. The summed E-state index contributed by atoms with van der Waals surface area (Å²) >= 11 is 0. The highest BCUT2D eigenvalue weighted by atomic mass is 16.2. The van der Waals surface area contributed by atoms with Gasteiger partial charge in [0.1, 0.15) is 0 Å². The van der Waals surface area contributed by atoms with Crippen LogP contribution in [0.5, 0.6) is 0 Å². The Bertz CT molecular complexity index is 274. The molecule has 1 unspecified atom stereocenters. The predicted molar refractivity (Wildman–Crippen MR) is 73.5 cm³/mol. The maximum Gasteiger partial charge on any atom is 0.237 e. The number of carbonyl (C=O) groups excluding carboxylic acids is 1. The van der Waals surface area contributed by atoms with Crippen LogP contribution in [0.25, 0.3) is 0 Å². The Morgan fingerprint density at radius 2 is 2.00 bits per heavy atom.